The summed E-state index contributed by atoms with van der Waals surface area (Å²) in [6.07, 6.45) is 6.07. The first-order chi connectivity index (χ1) is 6.77. The lowest BCUT2D eigenvalue weighted by Crippen LogP contribution is -2.30. The molecule has 0 spiro atoms. The molecule has 1 aromatic rings. The molecule has 1 heterocycles. The lowest BCUT2D eigenvalue weighted by atomic mass is 10.1. The van der Waals surface area contributed by atoms with E-state index >= 15 is 0 Å². The number of nitrogens with zero attached hydrogens (tertiary/aromatic N) is 1. The standard InChI is InChI=1S/C12H20N2/c1-4-12(5-2)14-10(3)11-6-8-13-9-7-11/h6-10,12,14H,4-5H2,1-3H3. The van der Waals surface area contributed by atoms with Crippen LogP contribution in [-0.4, -0.2) is 11.0 Å². The molecule has 0 fully saturated rings. The average molecular weight is 192 g/mol. The highest BCUT2D eigenvalue weighted by molar-refractivity contribution is 5.14. The molecule has 2 heteroatoms. The molecule has 0 amide bonds. The van der Waals surface area contributed by atoms with Gasteiger partial charge in [-0.1, -0.05) is 13.8 Å². The van der Waals surface area contributed by atoms with E-state index in [9.17, 15) is 0 Å². The summed E-state index contributed by atoms with van der Waals surface area (Å²) in [5, 5.41) is 3.60. The third-order valence-corrected chi connectivity index (χ3v) is 2.68. The lowest BCUT2D eigenvalue weighted by molar-refractivity contribution is 0.432. The van der Waals surface area contributed by atoms with Crippen LogP contribution in [0.25, 0.3) is 0 Å². The Morgan fingerprint density at radius 3 is 2.29 bits per heavy atom. The van der Waals surface area contributed by atoms with E-state index in [0.717, 1.165) is 0 Å². The van der Waals surface area contributed by atoms with Crippen molar-refractivity contribution in [1.82, 2.24) is 10.3 Å². The summed E-state index contributed by atoms with van der Waals surface area (Å²) in [5.74, 6) is 0. The molecule has 0 radical (unpaired) electrons. The van der Waals surface area contributed by atoms with Crippen LogP contribution in [0, 0.1) is 0 Å². The molecule has 78 valence electrons. The van der Waals surface area contributed by atoms with Crippen molar-refractivity contribution < 1.29 is 0 Å². The van der Waals surface area contributed by atoms with Gasteiger partial charge >= 0.3 is 0 Å². The van der Waals surface area contributed by atoms with Gasteiger partial charge in [-0.05, 0) is 37.5 Å². The predicted molar refractivity (Wildman–Crippen MR) is 60.2 cm³/mol. The van der Waals surface area contributed by atoms with Crippen LogP contribution in [0.1, 0.15) is 45.2 Å². The predicted octanol–water partition coefficient (Wildman–Crippen LogP) is 2.92. The highest BCUT2D eigenvalue weighted by atomic mass is 14.9. The van der Waals surface area contributed by atoms with Gasteiger partial charge in [-0.25, -0.2) is 0 Å². The van der Waals surface area contributed by atoms with Gasteiger partial charge in [0.15, 0.2) is 0 Å². The fourth-order valence-corrected chi connectivity index (χ4v) is 1.63. The third kappa shape index (κ3) is 3.11. The molecule has 1 atom stereocenters. The molecule has 1 unspecified atom stereocenters. The molecule has 0 saturated carbocycles. The topological polar surface area (TPSA) is 24.9 Å². The van der Waals surface area contributed by atoms with Crippen LogP contribution in [0.15, 0.2) is 24.5 Å². The Balaban J connectivity index is 2.54. The number of rotatable bonds is 5. The number of hydrogen-bond donors (Lipinski definition) is 1. The van der Waals surface area contributed by atoms with Crippen molar-refractivity contribution in [3.05, 3.63) is 30.1 Å². The zero-order chi connectivity index (χ0) is 10.4. The molecular weight excluding hydrogens is 172 g/mol. The van der Waals surface area contributed by atoms with Gasteiger partial charge in [-0.2, -0.15) is 0 Å². The average Bonchev–Trinajstić information content (AvgIpc) is 2.26. The summed E-state index contributed by atoms with van der Waals surface area (Å²) in [6, 6.07) is 5.18. The van der Waals surface area contributed by atoms with Gasteiger partial charge in [0, 0.05) is 24.5 Å². The molecule has 0 aliphatic rings. The Morgan fingerprint density at radius 2 is 1.79 bits per heavy atom. The van der Waals surface area contributed by atoms with Crippen LogP contribution in [0.5, 0.6) is 0 Å². The second-order valence-corrected chi connectivity index (χ2v) is 3.68. The lowest BCUT2D eigenvalue weighted by Gasteiger charge is -2.21. The maximum Gasteiger partial charge on any atom is 0.0295 e. The van der Waals surface area contributed by atoms with Crippen LogP contribution in [-0.2, 0) is 0 Å². The van der Waals surface area contributed by atoms with Gasteiger partial charge < -0.3 is 5.32 Å². The van der Waals surface area contributed by atoms with Crippen molar-refractivity contribution in [2.45, 2.75) is 45.7 Å². The molecule has 0 aromatic carbocycles. The van der Waals surface area contributed by atoms with Gasteiger partial charge in [0.1, 0.15) is 0 Å². The SMILES string of the molecule is CCC(CC)NC(C)c1ccncc1. The fraction of sp³-hybridized carbons (Fsp3) is 0.583. The normalized spacial score (nSPS) is 13.1. The van der Waals surface area contributed by atoms with E-state index in [2.05, 4.69) is 43.2 Å². The van der Waals surface area contributed by atoms with Crippen molar-refractivity contribution in [2.75, 3.05) is 0 Å². The molecular formula is C12H20N2. The zero-order valence-electron chi connectivity index (χ0n) is 9.33. The van der Waals surface area contributed by atoms with Crippen molar-refractivity contribution in [2.24, 2.45) is 0 Å². The summed E-state index contributed by atoms with van der Waals surface area (Å²) >= 11 is 0. The first-order valence-electron chi connectivity index (χ1n) is 5.43. The van der Waals surface area contributed by atoms with Gasteiger partial charge in [-0.3, -0.25) is 4.98 Å². The Hall–Kier alpha value is -0.890. The van der Waals surface area contributed by atoms with E-state index in [0.29, 0.717) is 12.1 Å². The first-order valence-corrected chi connectivity index (χ1v) is 5.43. The van der Waals surface area contributed by atoms with E-state index < -0.39 is 0 Å². The number of aromatic nitrogens is 1. The second kappa shape index (κ2) is 5.76. The molecule has 2 nitrogen and oxygen atoms in total. The molecule has 1 aromatic heterocycles. The van der Waals surface area contributed by atoms with E-state index in [4.69, 9.17) is 0 Å². The smallest absolute Gasteiger partial charge is 0.0295 e. The van der Waals surface area contributed by atoms with Crippen LogP contribution in [0.2, 0.25) is 0 Å². The van der Waals surface area contributed by atoms with E-state index in [1.54, 1.807) is 0 Å². The van der Waals surface area contributed by atoms with Crippen molar-refractivity contribution >= 4 is 0 Å². The van der Waals surface area contributed by atoms with Crippen molar-refractivity contribution in [3.63, 3.8) is 0 Å². The van der Waals surface area contributed by atoms with Gasteiger partial charge in [0.05, 0.1) is 0 Å². The molecule has 1 rings (SSSR count). The molecule has 0 saturated heterocycles. The van der Waals surface area contributed by atoms with Crippen molar-refractivity contribution in [1.29, 1.82) is 0 Å². The van der Waals surface area contributed by atoms with Gasteiger partial charge in [-0.15, -0.1) is 0 Å². The number of hydrogen-bond acceptors (Lipinski definition) is 2. The largest absolute Gasteiger partial charge is 0.307 e. The minimum absolute atomic E-state index is 0.419. The Labute approximate surface area is 86.8 Å². The van der Waals surface area contributed by atoms with E-state index in [1.807, 2.05) is 12.4 Å². The molecule has 0 aliphatic heterocycles. The summed E-state index contributed by atoms with van der Waals surface area (Å²) in [7, 11) is 0. The fourth-order valence-electron chi connectivity index (χ4n) is 1.63. The second-order valence-electron chi connectivity index (χ2n) is 3.68. The number of pyridine rings is 1. The quantitative estimate of drug-likeness (QED) is 0.776. The molecule has 0 bridgehead atoms. The Bertz CT molecular complexity index is 242. The maximum atomic E-state index is 4.02. The number of nitrogens with one attached hydrogen (secondary N) is 1. The van der Waals surface area contributed by atoms with Crippen LogP contribution < -0.4 is 5.32 Å². The summed E-state index contributed by atoms with van der Waals surface area (Å²) in [4.78, 5) is 4.02. The first kappa shape index (κ1) is 11.2. The van der Waals surface area contributed by atoms with Gasteiger partial charge in [0.25, 0.3) is 0 Å². The summed E-state index contributed by atoms with van der Waals surface area (Å²) in [6.45, 7) is 6.65. The van der Waals surface area contributed by atoms with E-state index in [1.165, 1.54) is 18.4 Å². The third-order valence-electron chi connectivity index (χ3n) is 2.68. The Kier molecular flexibility index (Phi) is 4.60. The minimum Gasteiger partial charge on any atom is -0.307 e. The van der Waals surface area contributed by atoms with Gasteiger partial charge in [0.2, 0.25) is 0 Å². The van der Waals surface area contributed by atoms with E-state index in [-0.39, 0.29) is 0 Å². The Morgan fingerprint density at radius 1 is 1.21 bits per heavy atom. The zero-order valence-corrected chi connectivity index (χ0v) is 9.33. The van der Waals surface area contributed by atoms with Crippen LogP contribution >= 0.6 is 0 Å². The highest BCUT2D eigenvalue weighted by Crippen LogP contribution is 2.12. The summed E-state index contributed by atoms with van der Waals surface area (Å²) in [5.41, 5.74) is 1.31. The summed E-state index contributed by atoms with van der Waals surface area (Å²) < 4.78 is 0. The minimum atomic E-state index is 0.419. The van der Waals surface area contributed by atoms with Crippen LogP contribution in [0.4, 0.5) is 0 Å². The highest BCUT2D eigenvalue weighted by Gasteiger charge is 2.09. The van der Waals surface area contributed by atoms with Crippen molar-refractivity contribution in [3.8, 4) is 0 Å². The maximum absolute atomic E-state index is 4.02. The molecule has 14 heavy (non-hydrogen) atoms. The monoisotopic (exact) mass is 192 g/mol. The molecule has 1 N–H and O–H groups in total. The molecule has 0 aliphatic carbocycles. The van der Waals surface area contributed by atoms with Crippen LogP contribution in [0.3, 0.4) is 0 Å².